The molecule has 118 valence electrons. The van der Waals surface area contributed by atoms with E-state index in [2.05, 4.69) is 20.9 Å². The Bertz CT molecular complexity index is 744. The number of aliphatic hydroxyl groups is 1. The highest BCUT2D eigenvalue weighted by Gasteiger charge is 2.44. The van der Waals surface area contributed by atoms with Crippen molar-refractivity contribution in [3.8, 4) is 0 Å². The SMILES string of the molecule is Cc1ccc(/C(O)=C/C(=O)C2(c3ccc(Br)cc3)CCC2)cn1. The fraction of sp³-hybridized carbons (Fsp3) is 0.263. The number of carbonyl (C=O) groups is 1. The van der Waals surface area contributed by atoms with Crippen LogP contribution in [0.25, 0.3) is 5.76 Å². The molecule has 1 heterocycles. The van der Waals surface area contributed by atoms with E-state index in [1.165, 1.54) is 6.08 Å². The highest BCUT2D eigenvalue weighted by Crippen LogP contribution is 2.45. The van der Waals surface area contributed by atoms with Crippen molar-refractivity contribution in [2.45, 2.75) is 31.6 Å². The van der Waals surface area contributed by atoms with Gasteiger partial charge in [0, 0.05) is 28.0 Å². The van der Waals surface area contributed by atoms with Crippen molar-refractivity contribution in [3.63, 3.8) is 0 Å². The molecule has 0 atom stereocenters. The van der Waals surface area contributed by atoms with Crippen LogP contribution in [0.4, 0.5) is 0 Å². The minimum atomic E-state index is -0.493. The largest absolute Gasteiger partial charge is 0.507 e. The molecule has 1 aliphatic rings. The maximum Gasteiger partial charge on any atom is 0.169 e. The minimum Gasteiger partial charge on any atom is -0.507 e. The van der Waals surface area contributed by atoms with Gasteiger partial charge in [0.1, 0.15) is 5.76 Å². The Morgan fingerprint density at radius 1 is 1.22 bits per heavy atom. The number of benzene rings is 1. The first-order chi connectivity index (χ1) is 11.0. The number of aryl methyl sites for hydroxylation is 1. The lowest BCUT2D eigenvalue weighted by Gasteiger charge is -2.40. The summed E-state index contributed by atoms with van der Waals surface area (Å²) < 4.78 is 0.993. The first-order valence-corrected chi connectivity index (χ1v) is 8.45. The number of carbonyl (C=O) groups excluding carboxylic acids is 1. The van der Waals surface area contributed by atoms with Crippen molar-refractivity contribution in [2.75, 3.05) is 0 Å². The Morgan fingerprint density at radius 3 is 2.43 bits per heavy atom. The lowest BCUT2D eigenvalue weighted by Crippen LogP contribution is -2.41. The first-order valence-electron chi connectivity index (χ1n) is 7.65. The molecule has 2 aromatic rings. The highest BCUT2D eigenvalue weighted by molar-refractivity contribution is 9.10. The summed E-state index contributed by atoms with van der Waals surface area (Å²) in [7, 11) is 0. The fourth-order valence-electron chi connectivity index (χ4n) is 2.94. The Morgan fingerprint density at radius 2 is 1.91 bits per heavy atom. The van der Waals surface area contributed by atoms with Gasteiger partial charge in [-0.1, -0.05) is 34.5 Å². The minimum absolute atomic E-state index is 0.0223. The molecule has 0 spiro atoms. The van der Waals surface area contributed by atoms with Crippen LogP contribution in [-0.2, 0) is 10.2 Å². The van der Waals surface area contributed by atoms with Gasteiger partial charge in [-0.25, -0.2) is 0 Å². The molecule has 0 saturated heterocycles. The Labute approximate surface area is 144 Å². The first kappa shape index (κ1) is 15.9. The Hall–Kier alpha value is -1.94. The summed E-state index contributed by atoms with van der Waals surface area (Å²) in [4.78, 5) is 17.0. The van der Waals surface area contributed by atoms with E-state index in [9.17, 15) is 9.90 Å². The monoisotopic (exact) mass is 371 g/mol. The summed E-state index contributed by atoms with van der Waals surface area (Å²) in [6, 6.07) is 11.5. The molecule has 23 heavy (non-hydrogen) atoms. The standard InChI is InChI=1S/C19H18BrNO2/c1-13-3-4-14(12-21-13)17(22)11-18(23)19(9-2-10-19)15-5-7-16(20)8-6-15/h3-8,11-12,22H,2,9-10H2,1H3/b17-11-. The number of nitrogens with zero attached hydrogens (tertiary/aromatic N) is 1. The van der Waals surface area contributed by atoms with Crippen LogP contribution < -0.4 is 0 Å². The van der Waals surface area contributed by atoms with Crippen molar-refractivity contribution in [1.29, 1.82) is 0 Å². The van der Waals surface area contributed by atoms with Crippen LogP contribution >= 0.6 is 15.9 Å². The van der Waals surface area contributed by atoms with E-state index in [1.807, 2.05) is 37.3 Å². The van der Waals surface area contributed by atoms with Gasteiger partial charge in [-0.2, -0.15) is 0 Å². The third-order valence-electron chi connectivity index (χ3n) is 4.55. The van der Waals surface area contributed by atoms with Gasteiger partial charge in [0.05, 0.1) is 5.41 Å². The third-order valence-corrected chi connectivity index (χ3v) is 5.08. The van der Waals surface area contributed by atoms with E-state index in [0.29, 0.717) is 5.56 Å². The third kappa shape index (κ3) is 3.08. The number of pyridine rings is 1. The molecule has 1 aliphatic carbocycles. The molecule has 0 aliphatic heterocycles. The number of aliphatic hydroxyl groups excluding tert-OH is 1. The van der Waals surface area contributed by atoms with Crippen LogP contribution in [0.5, 0.6) is 0 Å². The molecule has 3 nitrogen and oxygen atoms in total. The lowest BCUT2D eigenvalue weighted by atomic mass is 9.62. The predicted octanol–water partition coefficient (Wildman–Crippen LogP) is 4.74. The average molecular weight is 372 g/mol. The van der Waals surface area contributed by atoms with Gasteiger partial charge >= 0.3 is 0 Å². The van der Waals surface area contributed by atoms with E-state index in [0.717, 1.165) is 35.0 Å². The van der Waals surface area contributed by atoms with Gasteiger partial charge in [-0.15, -0.1) is 0 Å². The normalized spacial score (nSPS) is 16.7. The molecule has 0 amide bonds. The Kier molecular flexibility index (Phi) is 4.35. The summed E-state index contributed by atoms with van der Waals surface area (Å²) in [5.41, 5.74) is 1.96. The second-order valence-corrected chi connectivity index (χ2v) is 6.94. The molecular formula is C19H18BrNO2. The predicted molar refractivity (Wildman–Crippen MR) is 94.3 cm³/mol. The van der Waals surface area contributed by atoms with Crippen molar-refractivity contribution >= 4 is 27.5 Å². The molecule has 0 unspecified atom stereocenters. The summed E-state index contributed by atoms with van der Waals surface area (Å²) in [6.07, 6.45) is 5.62. The zero-order valence-corrected chi connectivity index (χ0v) is 14.5. The molecule has 1 aromatic carbocycles. The lowest BCUT2D eigenvalue weighted by molar-refractivity contribution is -0.122. The van der Waals surface area contributed by atoms with Crippen molar-refractivity contribution < 1.29 is 9.90 Å². The summed E-state index contributed by atoms with van der Waals surface area (Å²) >= 11 is 3.42. The number of halogens is 1. The summed E-state index contributed by atoms with van der Waals surface area (Å²) in [6.45, 7) is 1.88. The molecule has 4 heteroatoms. The molecule has 1 N–H and O–H groups in total. The van der Waals surface area contributed by atoms with Crippen LogP contribution in [0.2, 0.25) is 0 Å². The number of aromatic nitrogens is 1. The van der Waals surface area contributed by atoms with E-state index in [1.54, 1.807) is 12.3 Å². The quantitative estimate of drug-likeness (QED) is 0.623. The van der Waals surface area contributed by atoms with Crippen LogP contribution in [0.1, 0.15) is 36.1 Å². The van der Waals surface area contributed by atoms with E-state index >= 15 is 0 Å². The molecule has 1 fully saturated rings. The number of ketones is 1. The molecule has 3 rings (SSSR count). The van der Waals surface area contributed by atoms with Crippen molar-refractivity contribution in [1.82, 2.24) is 4.98 Å². The topological polar surface area (TPSA) is 50.2 Å². The summed E-state index contributed by atoms with van der Waals surface area (Å²) in [5, 5.41) is 10.2. The number of hydrogen-bond acceptors (Lipinski definition) is 3. The Balaban J connectivity index is 1.89. The molecule has 0 radical (unpaired) electrons. The van der Waals surface area contributed by atoms with Gasteiger partial charge in [0.2, 0.25) is 0 Å². The van der Waals surface area contributed by atoms with Gasteiger partial charge in [0.15, 0.2) is 5.78 Å². The summed E-state index contributed by atoms with van der Waals surface area (Å²) in [5.74, 6) is -0.0602. The number of allylic oxidation sites excluding steroid dienone is 1. The van der Waals surface area contributed by atoms with Gasteiger partial charge in [-0.05, 0) is 49.6 Å². The molecule has 1 aromatic heterocycles. The highest BCUT2D eigenvalue weighted by atomic mass is 79.9. The molecule has 0 bridgehead atoms. The number of rotatable bonds is 4. The van der Waals surface area contributed by atoms with Gasteiger partial charge < -0.3 is 5.11 Å². The van der Waals surface area contributed by atoms with E-state index in [-0.39, 0.29) is 11.5 Å². The van der Waals surface area contributed by atoms with Crippen molar-refractivity contribution in [3.05, 3.63) is 70.0 Å². The van der Waals surface area contributed by atoms with Crippen LogP contribution in [0.15, 0.2) is 53.1 Å². The van der Waals surface area contributed by atoms with Crippen LogP contribution in [0.3, 0.4) is 0 Å². The maximum absolute atomic E-state index is 12.8. The zero-order chi connectivity index (χ0) is 16.4. The van der Waals surface area contributed by atoms with Crippen LogP contribution in [0, 0.1) is 6.92 Å². The van der Waals surface area contributed by atoms with Crippen LogP contribution in [-0.4, -0.2) is 15.9 Å². The van der Waals surface area contributed by atoms with E-state index in [4.69, 9.17) is 0 Å². The maximum atomic E-state index is 12.8. The smallest absolute Gasteiger partial charge is 0.169 e. The second kappa shape index (κ2) is 6.28. The van der Waals surface area contributed by atoms with Gasteiger partial charge in [-0.3, -0.25) is 9.78 Å². The number of hydrogen-bond donors (Lipinski definition) is 1. The van der Waals surface area contributed by atoms with Crippen molar-refractivity contribution in [2.24, 2.45) is 0 Å². The van der Waals surface area contributed by atoms with E-state index < -0.39 is 5.41 Å². The second-order valence-electron chi connectivity index (χ2n) is 6.02. The fourth-order valence-corrected chi connectivity index (χ4v) is 3.21. The zero-order valence-electron chi connectivity index (χ0n) is 12.9. The average Bonchev–Trinajstić information content (AvgIpc) is 2.48. The molecule has 1 saturated carbocycles. The van der Waals surface area contributed by atoms with Gasteiger partial charge in [0.25, 0.3) is 0 Å². The molecular weight excluding hydrogens is 354 g/mol.